The van der Waals surface area contributed by atoms with Crippen molar-refractivity contribution in [2.24, 2.45) is 28.9 Å². The van der Waals surface area contributed by atoms with E-state index in [0.717, 1.165) is 24.9 Å². The fraction of sp³-hybridized carbons (Fsp3) is 0.917. The van der Waals surface area contributed by atoms with Crippen molar-refractivity contribution in [3.05, 3.63) is 0 Å². The zero-order valence-electron chi connectivity index (χ0n) is 9.17. The van der Waals surface area contributed by atoms with Crippen molar-refractivity contribution in [3.63, 3.8) is 0 Å². The Morgan fingerprint density at radius 1 is 1.33 bits per heavy atom. The van der Waals surface area contributed by atoms with Gasteiger partial charge in [0.15, 0.2) is 0 Å². The second kappa shape index (κ2) is 3.21. The number of hydrogen-bond acceptors (Lipinski definition) is 2. The molecule has 3 aliphatic rings. The van der Waals surface area contributed by atoms with Gasteiger partial charge in [-0.15, -0.1) is 0 Å². The fourth-order valence-corrected chi connectivity index (χ4v) is 3.23. The minimum absolute atomic E-state index is 0.277. The summed E-state index contributed by atoms with van der Waals surface area (Å²) in [5.74, 6) is 2.15. The highest BCUT2D eigenvalue weighted by Crippen LogP contribution is 2.57. The molecular weight excluding hydrogens is 188 g/mol. The van der Waals surface area contributed by atoms with Gasteiger partial charge in [-0.05, 0) is 49.5 Å². The Balaban J connectivity index is 1.46. The summed E-state index contributed by atoms with van der Waals surface area (Å²) in [7, 11) is 0. The molecule has 0 aliphatic heterocycles. The molecule has 3 aliphatic carbocycles. The van der Waals surface area contributed by atoms with Crippen LogP contribution in [-0.4, -0.2) is 19.0 Å². The van der Waals surface area contributed by atoms with Crippen LogP contribution in [0.15, 0.2) is 0 Å². The third-order valence-corrected chi connectivity index (χ3v) is 4.74. The summed E-state index contributed by atoms with van der Waals surface area (Å²) in [6.45, 7) is 1.54. The summed E-state index contributed by atoms with van der Waals surface area (Å²) in [5, 5.41) is 3.11. The standard InChI is InChI=1S/C12H20N2O/c13-6-12(4-5-12)7-14-11(15)10-8-2-1-3-9(8)10/h8-10H,1-7,13H2,(H,14,15). The number of carbonyl (C=O) groups excluding carboxylic acids is 1. The van der Waals surface area contributed by atoms with Crippen LogP contribution in [0.1, 0.15) is 32.1 Å². The maximum Gasteiger partial charge on any atom is 0.223 e. The first-order valence-corrected chi connectivity index (χ1v) is 6.24. The lowest BCUT2D eigenvalue weighted by atomic mass is 10.1. The molecule has 3 fully saturated rings. The monoisotopic (exact) mass is 208 g/mol. The van der Waals surface area contributed by atoms with Gasteiger partial charge < -0.3 is 11.1 Å². The Hall–Kier alpha value is -0.570. The number of carbonyl (C=O) groups is 1. The van der Waals surface area contributed by atoms with Gasteiger partial charge in [0.25, 0.3) is 0 Å². The highest BCUT2D eigenvalue weighted by molar-refractivity contribution is 5.82. The number of nitrogens with one attached hydrogen (secondary N) is 1. The van der Waals surface area contributed by atoms with Crippen LogP contribution in [0.25, 0.3) is 0 Å². The Morgan fingerprint density at radius 3 is 2.53 bits per heavy atom. The normalized spacial score (nSPS) is 39.7. The first-order chi connectivity index (χ1) is 7.26. The zero-order chi connectivity index (χ0) is 10.5. The Kier molecular flexibility index (Phi) is 2.06. The molecule has 3 heteroatoms. The molecule has 2 unspecified atom stereocenters. The minimum atomic E-state index is 0.277. The molecule has 0 aromatic rings. The van der Waals surface area contributed by atoms with E-state index in [-0.39, 0.29) is 5.41 Å². The summed E-state index contributed by atoms with van der Waals surface area (Å²) in [5.41, 5.74) is 5.96. The smallest absolute Gasteiger partial charge is 0.223 e. The molecule has 0 aromatic carbocycles. The second-order valence-electron chi connectivity index (χ2n) is 5.71. The molecule has 3 rings (SSSR count). The molecule has 0 radical (unpaired) electrons. The molecule has 0 saturated heterocycles. The van der Waals surface area contributed by atoms with Crippen LogP contribution in [0, 0.1) is 23.2 Å². The van der Waals surface area contributed by atoms with Crippen LogP contribution in [-0.2, 0) is 4.79 Å². The van der Waals surface area contributed by atoms with Gasteiger partial charge in [-0.25, -0.2) is 0 Å². The van der Waals surface area contributed by atoms with Crippen LogP contribution in [0.3, 0.4) is 0 Å². The maximum absolute atomic E-state index is 11.9. The van der Waals surface area contributed by atoms with Crippen molar-refractivity contribution < 1.29 is 4.79 Å². The van der Waals surface area contributed by atoms with E-state index in [4.69, 9.17) is 5.73 Å². The molecule has 0 aromatic heterocycles. The quantitative estimate of drug-likeness (QED) is 0.721. The van der Waals surface area contributed by atoms with Gasteiger partial charge in [0.1, 0.15) is 0 Å². The SMILES string of the molecule is NCC1(CNC(=O)C2C3CCCC32)CC1. The Bertz CT molecular complexity index is 275. The van der Waals surface area contributed by atoms with Gasteiger partial charge in [0.2, 0.25) is 5.91 Å². The number of nitrogens with two attached hydrogens (primary N) is 1. The van der Waals surface area contributed by atoms with Gasteiger partial charge in [0, 0.05) is 12.5 Å². The number of fused-ring (bicyclic) bond motifs is 1. The highest BCUT2D eigenvalue weighted by Gasteiger charge is 2.56. The van der Waals surface area contributed by atoms with Crippen molar-refractivity contribution in [2.45, 2.75) is 32.1 Å². The minimum Gasteiger partial charge on any atom is -0.355 e. The summed E-state index contributed by atoms with van der Waals surface area (Å²) in [6, 6.07) is 0. The van der Waals surface area contributed by atoms with E-state index in [9.17, 15) is 4.79 Å². The van der Waals surface area contributed by atoms with Gasteiger partial charge in [-0.1, -0.05) is 6.42 Å². The van der Waals surface area contributed by atoms with Crippen molar-refractivity contribution in [2.75, 3.05) is 13.1 Å². The molecular formula is C12H20N2O. The Labute approximate surface area is 90.8 Å². The van der Waals surface area contributed by atoms with E-state index in [2.05, 4.69) is 5.32 Å². The van der Waals surface area contributed by atoms with E-state index in [1.54, 1.807) is 0 Å². The average molecular weight is 208 g/mol. The topological polar surface area (TPSA) is 55.1 Å². The van der Waals surface area contributed by atoms with E-state index < -0.39 is 0 Å². The Morgan fingerprint density at radius 2 is 2.00 bits per heavy atom. The van der Waals surface area contributed by atoms with Crippen LogP contribution in [0.2, 0.25) is 0 Å². The maximum atomic E-state index is 11.9. The predicted molar refractivity (Wildman–Crippen MR) is 58.1 cm³/mol. The largest absolute Gasteiger partial charge is 0.355 e. The molecule has 1 amide bonds. The number of hydrogen-bond donors (Lipinski definition) is 2. The van der Waals surface area contributed by atoms with E-state index in [1.165, 1.54) is 32.1 Å². The number of amides is 1. The highest BCUT2D eigenvalue weighted by atomic mass is 16.2. The van der Waals surface area contributed by atoms with Crippen LogP contribution in [0.5, 0.6) is 0 Å². The molecule has 0 heterocycles. The summed E-state index contributed by atoms with van der Waals surface area (Å²) in [6.07, 6.45) is 6.30. The van der Waals surface area contributed by atoms with Crippen molar-refractivity contribution in [1.82, 2.24) is 5.32 Å². The van der Waals surface area contributed by atoms with Crippen molar-refractivity contribution >= 4 is 5.91 Å². The first kappa shape index (κ1) is 9.64. The summed E-state index contributed by atoms with van der Waals surface area (Å²) in [4.78, 5) is 11.9. The van der Waals surface area contributed by atoms with E-state index >= 15 is 0 Å². The second-order valence-corrected chi connectivity index (χ2v) is 5.71. The van der Waals surface area contributed by atoms with Crippen LogP contribution in [0.4, 0.5) is 0 Å². The van der Waals surface area contributed by atoms with Gasteiger partial charge in [0.05, 0.1) is 0 Å². The lowest BCUT2D eigenvalue weighted by molar-refractivity contribution is -0.123. The lowest BCUT2D eigenvalue weighted by Crippen LogP contribution is -2.35. The van der Waals surface area contributed by atoms with Crippen LogP contribution >= 0.6 is 0 Å². The number of rotatable bonds is 4. The van der Waals surface area contributed by atoms with E-state index in [0.29, 0.717) is 11.8 Å². The van der Waals surface area contributed by atoms with Gasteiger partial charge in [-0.3, -0.25) is 4.79 Å². The zero-order valence-corrected chi connectivity index (χ0v) is 9.17. The third kappa shape index (κ3) is 1.57. The molecule has 15 heavy (non-hydrogen) atoms. The van der Waals surface area contributed by atoms with Gasteiger partial charge in [-0.2, -0.15) is 0 Å². The summed E-state index contributed by atoms with van der Waals surface area (Å²) >= 11 is 0. The van der Waals surface area contributed by atoms with Crippen molar-refractivity contribution in [3.8, 4) is 0 Å². The first-order valence-electron chi connectivity index (χ1n) is 6.24. The van der Waals surface area contributed by atoms with Crippen molar-refractivity contribution in [1.29, 1.82) is 0 Å². The molecule has 2 atom stereocenters. The molecule has 3 N–H and O–H groups in total. The summed E-state index contributed by atoms with van der Waals surface area (Å²) < 4.78 is 0. The third-order valence-electron chi connectivity index (χ3n) is 4.74. The molecule has 3 saturated carbocycles. The lowest BCUT2D eigenvalue weighted by Gasteiger charge is -2.13. The predicted octanol–water partition coefficient (Wildman–Crippen LogP) is 0.888. The molecule has 3 nitrogen and oxygen atoms in total. The van der Waals surface area contributed by atoms with Gasteiger partial charge >= 0.3 is 0 Å². The van der Waals surface area contributed by atoms with E-state index in [1.807, 2.05) is 0 Å². The molecule has 0 bridgehead atoms. The van der Waals surface area contributed by atoms with Crippen LogP contribution < -0.4 is 11.1 Å². The molecule has 84 valence electrons. The average Bonchev–Trinajstić information content (AvgIpc) is 3.14. The fourth-order valence-electron chi connectivity index (χ4n) is 3.23. The molecule has 0 spiro atoms.